The van der Waals surface area contributed by atoms with Crippen LogP contribution >= 0.6 is 11.6 Å². The predicted molar refractivity (Wildman–Crippen MR) is 182 cm³/mol. The van der Waals surface area contributed by atoms with Crippen LogP contribution in [-0.2, 0) is 38.0 Å². The van der Waals surface area contributed by atoms with Gasteiger partial charge >= 0.3 is 6.01 Å². The van der Waals surface area contributed by atoms with E-state index in [0.29, 0.717) is 63.2 Å². The van der Waals surface area contributed by atoms with Crippen molar-refractivity contribution in [2.24, 2.45) is 0 Å². The highest BCUT2D eigenvalue weighted by Crippen LogP contribution is 2.48. The summed E-state index contributed by atoms with van der Waals surface area (Å²) in [6.45, 7) is 4.19. The van der Waals surface area contributed by atoms with Crippen molar-refractivity contribution in [3.8, 4) is 12.1 Å². The first kappa shape index (κ1) is 32.4. The number of carbonyl (C=O) groups excluding carboxylic acids is 1. The van der Waals surface area contributed by atoms with E-state index in [2.05, 4.69) is 50.1 Å². The molecule has 2 aromatic heterocycles. The molecule has 0 unspecified atom stereocenters. The lowest BCUT2D eigenvalue weighted by Gasteiger charge is -2.50. The smallest absolute Gasteiger partial charge is 0.318 e. The number of nitriles is 1. The van der Waals surface area contributed by atoms with Gasteiger partial charge in [0.1, 0.15) is 18.6 Å². The molecule has 1 aromatic carbocycles. The van der Waals surface area contributed by atoms with Crippen LogP contribution in [0, 0.1) is 11.3 Å². The van der Waals surface area contributed by atoms with E-state index < -0.39 is 6.17 Å². The second kappa shape index (κ2) is 12.5. The van der Waals surface area contributed by atoms with E-state index in [1.165, 1.54) is 16.0 Å². The average molecular weight is 688 g/mol. The second-order valence-electron chi connectivity index (χ2n) is 14.7. The molecule has 49 heavy (non-hydrogen) atoms. The maximum Gasteiger partial charge on any atom is 0.318 e. The van der Waals surface area contributed by atoms with Crippen LogP contribution < -0.4 is 9.64 Å². The Kier molecular flexibility index (Phi) is 8.28. The third-order valence-corrected chi connectivity index (χ3v) is 11.9. The zero-order valence-corrected chi connectivity index (χ0v) is 29.1. The number of ether oxygens (including phenoxy) is 1. The van der Waals surface area contributed by atoms with E-state index in [1.54, 1.807) is 14.1 Å². The molecule has 3 aromatic rings. The van der Waals surface area contributed by atoms with Crippen molar-refractivity contribution in [2.45, 2.75) is 88.3 Å². The first-order valence-corrected chi connectivity index (χ1v) is 17.9. The Labute approximate surface area is 291 Å². The summed E-state index contributed by atoms with van der Waals surface area (Å²) in [5.41, 5.74) is 4.82. The molecule has 13 heteroatoms. The quantitative estimate of drug-likeness (QED) is 0.346. The number of rotatable bonds is 6. The SMILES string of the molecule is CN(C)C(=O)c1nn2c(c1Cl)CN(c1nc(OC[C@@]34CCCN3C[C@H](F)C4)nc3c1CN(CC#N)[C@@]1(CCCc4ccccc41)C3)CCC2. The van der Waals surface area contributed by atoms with Crippen molar-refractivity contribution in [3.05, 3.63) is 63.1 Å². The molecule has 2 saturated heterocycles. The van der Waals surface area contributed by atoms with Gasteiger partial charge in [0.05, 0.1) is 46.6 Å². The number of hydrogen-bond acceptors (Lipinski definition) is 9. The van der Waals surface area contributed by atoms with Gasteiger partial charge in [-0.3, -0.25) is 19.3 Å². The van der Waals surface area contributed by atoms with Gasteiger partial charge in [0, 0.05) is 58.7 Å². The highest BCUT2D eigenvalue weighted by molar-refractivity contribution is 6.34. The number of aryl methyl sites for hydroxylation is 2. The molecule has 0 radical (unpaired) electrons. The molecule has 6 heterocycles. The molecule has 2 fully saturated rings. The van der Waals surface area contributed by atoms with E-state index in [4.69, 9.17) is 26.3 Å². The minimum Gasteiger partial charge on any atom is -0.461 e. The first-order chi connectivity index (χ1) is 23.7. The number of anilines is 1. The van der Waals surface area contributed by atoms with Crippen LogP contribution in [0.25, 0.3) is 0 Å². The van der Waals surface area contributed by atoms with Gasteiger partial charge in [-0.2, -0.15) is 20.3 Å². The van der Waals surface area contributed by atoms with Crippen molar-refractivity contribution >= 4 is 23.3 Å². The Morgan fingerprint density at radius 2 is 2.00 bits per heavy atom. The molecule has 8 rings (SSSR count). The summed E-state index contributed by atoms with van der Waals surface area (Å²) in [5, 5.41) is 15.1. The van der Waals surface area contributed by atoms with E-state index in [1.807, 2.05) is 4.68 Å². The van der Waals surface area contributed by atoms with Crippen LogP contribution in [-0.4, -0.2) is 98.9 Å². The summed E-state index contributed by atoms with van der Waals surface area (Å²) in [4.78, 5) is 31.4. The van der Waals surface area contributed by atoms with E-state index in [9.17, 15) is 14.4 Å². The van der Waals surface area contributed by atoms with Crippen LogP contribution in [0.2, 0.25) is 5.02 Å². The third kappa shape index (κ3) is 5.45. The monoisotopic (exact) mass is 687 g/mol. The predicted octanol–water partition coefficient (Wildman–Crippen LogP) is 4.51. The van der Waals surface area contributed by atoms with Crippen molar-refractivity contribution in [2.75, 3.05) is 51.8 Å². The summed E-state index contributed by atoms with van der Waals surface area (Å²) in [6.07, 6.45) is 5.92. The van der Waals surface area contributed by atoms with Crippen molar-refractivity contribution in [3.63, 3.8) is 0 Å². The molecule has 0 bridgehead atoms. The Balaban J connectivity index is 1.21. The Hall–Kier alpha value is -3.79. The van der Waals surface area contributed by atoms with E-state index >= 15 is 0 Å². The fraction of sp³-hybridized carbons (Fsp3) is 0.583. The lowest BCUT2D eigenvalue weighted by atomic mass is 9.70. The number of halogens is 2. The molecular weight excluding hydrogens is 645 g/mol. The second-order valence-corrected chi connectivity index (χ2v) is 15.0. The average Bonchev–Trinajstić information content (AvgIpc) is 3.66. The van der Waals surface area contributed by atoms with Gasteiger partial charge in [-0.15, -0.1) is 0 Å². The zero-order chi connectivity index (χ0) is 33.9. The van der Waals surface area contributed by atoms with Crippen LogP contribution in [0.5, 0.6) is 6.01 Å². The number of amides is 1. The van der Waals surface area contributed by atoms with Crippen molar-refractivity contribution < 1.29 is 13.9 Å². The minimum absolute atomic E-state index is 0.236. The number of alkyl halides is 1. The van der Waals surface area contributed by atoms with Gasteiger partial charge in [-0.05, 0) is 56.2 Å². The summed E-state index contributed by atoms with van der Waals surface area (Å²) < 4.78 is 23.0. The van der Waals surface area contributed by atoms with Gasteiger partial charge in [-0.1, -0.05) is 35.9 Å². The van der Waals surface area contributed by atoms with Crippen LogP contribution in [0.3, 0.4) is 0 Å². The molecular formula is C36H43ClFN9O2. The lowest BCUT2D eigenvalue weighted by Crippen LogP contribution is -2.53. The Morgan fingerprint density at radius 1 is 1.14 bits per heavy atom. The zero-order valence-electron chi connectivity index (χ0n) is 28.3. The maximum atomic E-state index is 14.7. The standard InChI is InChI=1S/C36H43ClFN9O2/c1-43(2)33(48)31-30(37)29-22-44(14-7-16-47(29)42-31)32-26-21-46(17-13-39)36(12-5-9-24-8-3-4-10-27(24)36)19-28(26)40-34(41-32)49-23-35-11-6-15-45(35)20-25(38)18-35/h3-4,8,10,25H,5-7,9,11-12,14-23H2,1-2H3/t25-,35+,36+/m1/s1. The topological polar surface area (TPSA) is 107 Å². The van der Waals surface area contributed by atoms with Crippen molar-refractivity contribution in [1.29, 1.82) is 5.26 Å². The molecule has 0 saturated carbocycles. The van der Waals surface area contributed by atoms with Gasteiger partial charge in [0.25, 0.3) is 5.91 Å². The molecule has 3 atom stereocenters. The van der Waals surface area contributed by atoms with Crippen molar-refractivity contribution in [1.82, 2.24) is 34.4 Å². The van der Waals surface area contributed by atoms with Crippen LogP contribution in [0.4, 0.5) is 10.2 Å². The normalized spacial score (nSPS) is 26.4. The van der Waals surface area contributed by atoms with Gasteiger partial charge < -0.3 is 14.5 Å². The van der Waals surface area contributed by atoms with E-state index in [0.717, 1.165) is 67.8 Å². The molecule has 1 amide bonds. The molecule has 4 aliphatic heterocycles. The number of fused-ring (bicyclic) bond motifs is 5. The van der Waals surface area contributed by atoms with Gasteiger partial charge in [0.15, 0.2) is 5.69 Å². The summed E-state index contributed by atoms with van der Waals surface area (Å²) in [7, 11) is 3.39. The number of benzene rings is 1. The van der Waals surface area contributed by atoms with E-state index in [-0.39, 0.29) is 29.2 Å². The molecule has 5 aliphatic rings. The van der Waals surface area contributed by atoms with Crippen LogP contribution in [0.15, 0.2) is 24.3 Å². The number of nitrogens with zero attached hydrogens (tertiary/aromatic N) is 9. The summed E-state index contributed by atoms with van der Waals surface area (Å²) in [5.74, 6) is 0.517. The Bertz CT molecular complexity index is 1830. The lowest BCUT2D eigenvalue weighted by molar-refractivity contribution is 0.0573. The molecule has 11 nitrogen and oxygen atoms in total. The fourth-order valence-electron chi connectivity index (χ4n) is 9.22. The minimum atomic E-state index is -0.850. The highest BCUT2D eigenvalue weighted by Gasteiger charge is 2.50. The Morgan fingerprint density at radius 3 is 2.84 bits per heavy atom. The largest absolute Gasteiger partial charge is 0.461 e. The maximum absolute atomic E-state index is 14.7. The molecule has 1 aliphatic carbocycles. The number of aromatic nitrogens is 4. The van der Waals surface area contributed by atoms with Gasteiger partial charge in [0.2, 0.25) is 0 Å². The molecule has 0 N–H and O–H groups in total. The molecule has 1 spiro atoms. The first-order valence-electron chi connectivity index (χ1n) is 17.6. The molecule has 258 valence electrons. The van der Waals surface area contributed by atoms with Crippen LogP contribution in [0.1, 0.15) is 77.1 Å². The summed E-state index contributed by atoms with van der Waals surface area (Å²) >= 11 is 6.88. The fourth-order valence-corrected chi connectivity index (χ4v) is 9.50. The number of carbonyl (C=O) groups is 1. The van der Waals surface area contributed by atoms with Gasteiger partial charge in [-0.25, -0.2) is 4.39 Å². The third-order valence-electron chi connectivity index (χ3n) is 11.6. The highest BCUT2D eigenvalue weighted by atomic mass is 35.5. The summed E-state index contributed by atoms with van der Waals surface area (Å²) in [6, 6.07) is 11.4. The number of hydrogen-bond donors (Lipinski definition) is 0.